The van der Waals surface area contributed by atoms with Crippen LogP contribution in [0.25, 0.3) is 0 Å². The van der Waals surface area contributed by atoms with E-state index in [1.807, 2.05) is 0 Å². The Balaban J connectivity index is 2.01. The lowest BCUT2D eigenvalue weighted by Gasteiger charge is -2.09. The third-order valence-electron chi connectivity index (χ3n) is 3.14. The topological polar surface area (TPSA) is 103 Å². The number of hydrogen-bond donors (Lipinski definition) is 1. The van der Waals surface area contributed by atoms with Crippen molar-refractivity contribution in [3.63, 3.8) is 0 Å². The van der Waals surface area contributed by atoms with E-state index in [-0.39, 0.29) is 11.3 Å². The Bertz CT molecular complexity index is 793. The molecule has 2 rings (SSSR count). The molecule has 23 heavy (non-hydrogen) atoms. The Labute approximate surface area is 132 Å². The van der Waals surface area contributed by atoms with Crippen LogP contribution in [0.15, 0.2) is 21.3 Å². The molecule has 2 heterocycles. The average Bonchev–Trinajstić information content (AvgIpc) is 2.73. The predicted octanol–water partition coefficient (Wildman–Crippen LogP) is 1.09. The average molecular weight is 319 g/mol. The number of esters is 1. The number of aryl methyl sites for hydroxylation is 4. The highest BCUT2D eigenvalue weighted by Crippen LogP contribution is 2.12. The molecular weight excluding hydrogens is 302 g/mol. The number of hydrogen-bond acceptors (Lipinski definition) is 6. The molecular formula is C15H17N3O5. The molecule has 0 spiro atoms. The minimum absolute atomic E-state index is 0.147. The molecule has 2 aromatic heterocycles. The monoisotopic (exact) mass is 319 g/mol. The van der Waals surface area contributed by atoms with Crippen LogP contribution in [0.2, 0.25) is 0 Å². The highest BCUT2D eigenvalue weighted by atomic mass is 16.5. The molecule has 8 nitrogen and oxygen atoms in total. The Kier molecular flexibility index (Phi) is 4.63. The summed E-state index contributed by atoms with van der Waals surface area (Å²) in [5.41, 5.74) is 0.798. The number of ether oxygens (including phenoxy) is 1. The van der Waals surface area contributed by atoms with Crippen molar-refractivity contribution in [2.45, 2.75) is 20.8 Å². The first kappa shape index (κ1) is 16.5. The molecule has 0 unspecified atom stereocenters. The fraction of sp³-hybridized carbons (Fsp3) is 0.333. The van der Waals surface area contributed by atoms with Crippen LogP contribution >= 0.6 is 0 Å². The largest absolute Gasteiger partial charge is 0.452 e. The van der Waals surface area contributed by atoms with Crippen LogP contribution in [0.4, 0.5) is 5.82 Å². The SMILES string of the molecule is Cc1cc(NC(=O)COC(=O)c2c(C)cc(=O)oc2C)n(C)n1. The number of nitrogens with one attached hydrogen (secondary N) is 1. The molecule has 0 radical (unpaired) electrons. The molecule has 8 heteroatoms. The van der Waals surface area contributed by atoms with E-state index in [9.17, 15) is 14.4 Å². The van der Waals surface area contributed by atoms with Gasteiger partial charge in [-0.3, -0.25) is 9.48 Å². The van der Waals surface area contributed by atoms with Crippen molar-refractivity contribution in [2.24, 2.45) is 7.05 Å². The number of carbonyl (C=O) groups is 2. The van der Waals surface area contributed by atoms with Gasteiger partial charge in [0.2, 0.25) is 0 Å². The van der Waals surface area contributed by atoms with Gasteiger partial charge in [-0.05, 0) is 26.3 Å². The molecule has 0 aliphatic rings. The van der Waals surface area contributed by atoms with E-state index in [0.29, 0.717) is 11.4 Å². The van der Waals surface area contributed by atoms with Crippen LogP contribution in [-0.2, 0) is 16.6 Å². The number of carbonyl (C=O) groups excluding carboxylic acids is 2. The van der Waals surface area contributed by atoms with Crippen LogP contribution in [-0.4, -0.2) is 28.3 Å². The fourth-order valence-electron chi connectivity index (χ4n) is 2.17. The van der Waals surface area contributed by atoms with Gasteiger partial charge in [0.1, 0.15) is 17.1 Å². The first-order chi connectivity index (χ1) is 10.8. The van der Waals surface area contributed by atoms with Gasteiger partial charge in [0.05, 0.1) is 5.69 Å². The summed E-state index contributed by atoms with van der Waals surface area (Å²) in [6.07, 6.45) is 0. The molecule has 1 amide bonds. The molecule has 2 aromatic rings. The van der Waals surface area contributed by atoms with Crippen LogP contribution in [0, 0.1) is 20.8 Å². The summed E-state index contributed by atoms with van der Waals surface area (Å²) in [7, 11) is 1.69. The van der Waals surface area contributed by atoms with Crippen LogP contribution in [0.3, 0.4) is 0 Å². The third-order valence-corrected chi connectivity index (χ3v) is 3.14. The second-order valence-corrected chi connectivity index (χ2v) is 5.10. The Morgan fingerprint density at radius 3 is 2.57 bits per heavy atom. The number of aromatic nitrogens is 2. The number of nitrogens with zero attached hydrogens (tertiary/aromatic N) is 2. The zero-order chi connectivity index (χ0) is 17.1. The summed E-state index contributed by atoms with van der Waals surface area (Å²) in [6, 6.07) is 2.89. The highest BCUT2D eigenvalue weighted by molar-refractivity contribution is 5.96. The van der Waals surface area contributed by atoms with Gasteiger partial charge < -0.3 is 14.5 Å². The maximum atomic E-state index is 12.0. The predicted molar refractivity (Wildman–Crippen MR) is 81.3 cm³/mol. The van der Waals surface area contributed by atoms with Gasteiger partial charge in [0, 0.05) is 19.2 Å². The summed E-state index contributed by atoms with van der Waals surface area (Å²) < 4.78 is 11.3. The van der Waals surface area contributed by atoms with E-state index in [1.54, 1.807) is 27.0 Å². The Morgan fingerprint density at radius 2 is 2.00 bits per heavy atom. The highest BCUT2D eigenvalue weighted by Gasteiger charge is 2.18. The van der Waals surface area contributed by atoms with E-state index in [0.717, 1.165) is 5.69 Å². The maximum Gasteiger partial charge on any atom is 0.342 e. The smallest absolute Gasteiger partial charge is 0.342 e. The normalized spacial score (nSPS) is 10.4. The van der Waals surface area contributed by atoms with Crippen molar-refractivity contribution in [2.75, 3.05) is 11.9 Å². The van der Waals surface area contributed by atoms with Gasteiger partial charge in [-0.25, -0.2) is 9.59 Å². The molecule has 0 saturated carbocycles. The number of anilines is 1. The van der Waals surface area contributed by atoms with Gasteiger partial charge in [-0.15, -0.1) is 0 Å². The van der Waals surface area contributed by atoms with Crippen molar-refractivity contribution in [3.8, 4) is 0 Å². The van der Waals surface area contributed by atoms with Crippen molar-refractivity contribution < 1.29 is 18.7 Å². The van der Waals surface area contributed by atoms with Crippen LogP contribution < -0.4 is 10.9 Å². The minimum Gasteiger partial charge on any atom is -0.452 e. The summed E-state index contributed by atoms with van der Waals surface area (Å²) >= 11 is 0. The quantitative estimate of drug-likeness (QED) is 0.846. The van der Waals surface area contributed by atoms with E-state index in [1.165, 1.54) is 17.7 Å². The van der Waals surface area contributed by atoms with Crippen molar-refractivity contribution in [3.05, 3.63) is 45.1 Å². The van der Waals surface area contributed by atoms with Gasteiger partial charge in [0.25, 0.3) is 5.91 Å². The van der Waals surface area contributed by atoms with E-state index in [4.69, 9.17) is 9.15 Å². The zero-order valence-electron chi connectivity index (χ0n) is 13.3. The second kappa shape index (κ2) is 6.47. The Morgan fingerprint density at radius 1 is 1.30 bits per heavy atom. The summed E-state index contributed by atoms with van der Waals surface area (Å²) in [4.78, 5) is 35.1. The Hall–Kier alpha value is -2.90. The standard InChI is InChI=1S/C15H17N3O5/c1-8-5-13(20)23-10(3)14(8)15(21)22-7-12(19)16-11-6-9(2)17-18(11)4/h5-6H,7H2,1-4H3,(H,16,19). The molecule has 0 bridgehead atoms. The molecule has 0 fully saturated rings. The fourth-order valence-corrected chi connectivity index (χ4v) is 2.17. The molecule has 122 valence electrons. The van der Waals surface area contributed by atoms with E-state index in [2.05, 4.69) is 10.4 Å². The first-order valence-electron chi connectivity index (χ1n) is 6.87. The first-order valence-corrected chi connectivity index (χ1v) is 6.87. The lowest BCUT2D eigenvalue weighted by Crippen LogP contribution is -2.23. The van der Waals surface area contributed by atoms with Gasteiger partial charge in [-0.1, -0.05) is 0 Å². The lowest BCUT2D eigenvalue weighted by atomic mass is 10.1. The number of amides is 1. The second-order valence-electron chi connectivity index (χ2n) is 5.10. The van der Waals surface area contributed by atoms with Crippen LogP contribution in [0.5, 0.6) is 0 Å². The van der Waals surface area contributed by atoms with E-state index >= 15 is 0 Å². The van der Waals surface area contributed by atoms with Gasteiger partial charge in [0.15, 0.2) is 6.61 Å². The van der Waals surface area contributed by atoms with Crippen molar-refractivity contribution >= 4 is 17.7 Å². The van der Waals surface area contributed by atoms with E-state index < -0.39 is 24.1 Å². The molecule has 0 aromatic carbocycles. The van der Waals surface area contributed by atoms with Gasteiger partial charge >= 0.3 is 11.6 Å². The van der Waals surface area contributed by atoms with Gasteiger partial charge in [-0.2, -0.15) is 5.10 Å². The third kappa shape index (κ3) is 3.85. The maximum absolute atomic E-state index is 12.0. The lowest BCUT2D eigenvalue weighted by molar-refractivity contribution is -0.119. The number of rotatable bonds is 4. The zero-order valence-corrected chi connectivity index (χ0v) is 13.3. The van der Waals surface area contributed by atoms with Crippen LogP contribution in [0.1, 0.15) is 27.4 Å². The minimum atomic E-state index is -0.722. The molecule has 0 aliphatic carbocycles. The van der Waals surface area contributed by atoms with Crippen molar-refractivity contribution in [1.29, 1.82) is 0 Å². The molecule has 0 atom stereocenters. The summed E-state index contributed by atoms with van der Waals surface area (Å²) in [5, 5.41) is 6.68. The summed E-state index contributed by atoms with van der Waals surface area (Å²) in [6.45, 7) is 4.42. The molecule has 1 N–H and O–H groups in total. The molecule has 0 saturated heterocycles. The summed E-state index contributed by atoms with van der Waals surface area (Å²) in [5.74, 6) is -0.557. The molecule has 0 aliphatic heterocycles. The van der Waals surface area contributed by atoms with Crippen molar-refractivity contribution in [1.82, 2.24) is 9.78 Å².